The van der Waals surface area contributed by atoms with E-state index in [2.05, 4.69) is 15.3 Å². The molecule has 17 heavy (non-hydrogen) atoms. The van der Waals surface area contributed by atoms with Crippen molar-refractivity contribution < 1.29 is 4.74 Å². The van der Waals surface area contributed by atoms with Crippen LogP contribution < -0.4 is 15.0 Å². The summed E-state index contributed by atoms with van der Waals surface area (Å²) < 4.78 is 5.41. The van der Waals surface area contributed by atoms with E-state index in [0.717, 1.165) is 31.2 Å². The third kappa shape index (κ3) is 4.56. The van der Waals surface area contributed by atoms with Crippen LogP contribution in [0.3, 0.4) is 0 Å². The Balaban J connectivity index is 2.67. The van der Waals surface area contributed by atoms with Gasteiger partial charge < -0.3 is 15.0 Å². The minimum atomic E-state index is 0.624. The summed E-state index contributed by atoms with van der Waals surface area (Å²) in [7, 11) is 3.95. The summed E-state index contributed by atoms with van der Waals surface area (Å²) in [5.74, 6) is 1.38. The predicted octanol–water partition coefficient (Wildman–Crippen LogP) is 1.23. The zero-order valence-corrected chi connectivity index (χ0v) is 11.2. The Morgan fingerprint density at radius 2 is 2.18 bits per heavy atom. The molecule has 1 heterocycles. The van der Waals surface area contributed by atoms with Crippen molar-refractivity contribution in [1.82, 2.24) is 15.3 Å². The average molecular weight is 238 g/mol. The molecule has 0 saturated carbocycles. The lowest BCUT2D eigenvalue weighted by Gasteiger charge is -2.17. The van der Waals surface area contributed by atoms with E-state index < -0.39 is 0 Å². The van der Waals surface area contributed by atoms with E-state index in [1.54, 1.807) is 0 Å². The van der Waals surface area contributed by atoms with Crippen LogP contribution in [0.15, 0.2) is 6.07 Å². The highest BCUT2D eigenvalue weighted by molar-refractivity contribution is 5.33. The van der Waals surface area contributed by atoms with E-state index >= 15 is 0 Å². The van der Waals surface area contributed by atoms with E-state index in [1.165, 1.54) is 0 Å². The summed E-state index contributed by atoms with van der Waals surface area (Å²) in [5, 5.41) is 3.13. The predicted molar refractivity (Wildman–Crippen MR) is 69.8 cm³/mol. The number of hydrogen-bond donors (Lipinski definition) is 1. The first-order valence-electron chi connectivity index (χ1n) is 6.01. The number of rotatable bonds is 7. The first-order valence-corrected chi connectivity index (χ1v) is 6.01. The van der Waals surface area contributed by atoms with E-state index in [1.807, 2.05) is 38.9 Å². The molecular formula is C12H22N4O. The molecule has 0 aliphatic rings. The van der Waals surface area contributed by atoms with Gasteiger partial charge in [-0.3, -0.25) is 0 Å². The van der Waals surface area contributed by atoms with Gasteiger partial charge in [0.1, 0.15) is 0 Å². The van der Waals surface area contributed by atoms with Gasteiger partial charge in [0.25, 0.3) is 0 Å². The highest BCUT2D eigenvalue weighted by Gasteiger charge is 2.07. The van der Waals surface area contributed by atoms with E-state index in [9.17, 15) is 0 Å². The van der Waals surface area contributed by atoms with E-state index in [0.29, 0.717) is 12.5 Å². The minimum absolute atomic E-state index is 0.624. The van der Waals surface area contributed by atoms with Crippen molar-refractivity contribution in [3.63, 3.8) is 0 Å². The number of ether oxygens (including phenoxy) is 1. The molecule has 5 nitrogen and oxygen atoms in total. The van der Waals surface area contributed by atoms with Crippen LogP contribution >= 0.6 is 0 Å². The van der Waals surface area contributed by atoms with Gasteiger partial charge in [-0.1, -0.05) is 0 Å². The highest BCUT2D eigenvalue weighted by atomic mass is 16.5. The van der Waals surface area contributed by atoms with Gasteiger partial charge in [0, 0.05) is 25.4 Å². The number of aromatic nitrogens is 2. The average Bonchev–Trinajstić information content (AvgIpc) is 2.29. The van der Waals surface area contributed by atoms with Crippen molar-refractivity contribution in [3.8, 4) is 5.88 Å². The lowest BCUT2D eigenvalue weighted by molar-refractivity contribution is 0.326. The first-order chi connectivity index (χ1) is 8.17. The summed E-state index contributed by atoms with van der Waals surface area (Å²) in [6.07, 6.45) is 1.06. The van der Waals surface area contributed by atoms with Gasteiger partial charge in [-0.25, -0.2) is 4.98 Å². The Morgan fingerprint density at radius 3 is 2.82 bits per heavy atom. The summed E-state index contributed by atoms with van der Waals surface area (Å²) in [5.41, 5.74) is 0.930. The van der Waals surface area contributed by atoms with Crippen LogP contribution in [0, 0.1) is 6.92 Å². The van der Waals surface area contributed by atoms with Crippen LogP contribution in [0.5, 0.6) is 5.88 Å². The molecule has 5 heteroatoms. The molecule has 1 N–H and O–H groups in total. The van der Waals surface area contributed by atoms with Gasteiger partial charge >= 0.3 is 0 Å². The Morgan fingerprint density at radius 1 is 1.41 bits per heavy atom. The zero-order chi connectivity index (χ0) is 12.7. The molecule has 0 amide bonds. The molecule has 1 aromatic heterocycles. The summed E-state index contributed by atoms with van der Waals surface area (Å²) in [4.78, 5) is 10.8. The molecular weight excluding hydrogens is 216 g/mol. The van der Waals surface area contributed by atoms with Crippen LogP contribution in [0.2, 0.25) is 0 Å². The molecule has 0 aromatic carbocycles. The van der Waals surface area contributed by atoms with Gasteiger partial charge in [-0.15, -0.1) is 0 Å². The fourth-order valence-corrected chi connectivity index (χ4v) is 1.51. The second-order valence-electron chi connectivity index (χ2n) is 3.96. The fourth-order valence-electron chi connectivity index (χ4n) is 1.51. The highest BCUT2D eigenvalue weighted by Crippen LogP contribution is 2.14. The molecule has 96 valence electrons. The monoisotopic (exact) mass is 238 g/mol. The second-order valence-corrected chi connectivity index (χ2v) is 3.96. The third-order valence-corrected chi connectivity index (χ3v) is 2.37. The largest absolute Gasteiger partial charge is 0.478 e. The maximum Gasteiger partial charge on any atom is 0.228 e. The van der Waals surface area contributed by atoms with Gasteiger partial charge in [0.05, 0.1) is 6.61 Å². The van der Waals surface area contributed by atoms with Crippen molar-refractivity contribution >= 4 is 5.95 Å². The van der Waals surface area contributed by atoms with Gasteiger partial charge in [0.2, 0.25) is 11.8 Å². The molecule has 0 aliphatic carbocycles. The molecule has 0 radical (unpaired) electrons. The first kappa shape index (κ1) is 13.7. The lowest BCUT2D eigenvalue weighted by atomic mass is 10.4. The zero-order valence-electron chi connectivity index (χ0n) is 11.2. The van der Waals surface area contributed by atoms with Crippen LogP contribution in [-0.4, -0.2) is 43.8 Å². The van der Waals surface area contributed by atoms with Crippen LogP contribution in [0.25, 0.3) is 0 Å². The van der Waals surface area contributed by atoms with Crippen LogP contribution in [0.1, 0.15) is 19.0 Å². The lowest BCUT2D eigenvalue weighted by Crippen LogP contribution is -2.24. The molecule has 0 unspecified atom stereocenters. The number of hydrogen-bond acceptors (Lipinski definition) is 5. The molecule has 0 aliphatic heterocycles. The maximum absolute atomic E-state index is 5.41. The number of aryl methyl sites for hydroxylation is 1. The summed E-state index contributed by atoms with van der Waals surface area (Å²) >= 11 is 0. The van der Waals surface area contributed by atoms with Crippen LogP contribution in [0.4, 0.5) is 5.95 Å². The SMILES string of the molecule is CCOc1cc(C)nc(N(C)CCCNC)n1. The number of nitrogens with one attached hydrogen (secondary N) is 1. The van der Waals surface area contributed by atoms with Crippen molar-refractivity contribution in [2.45, 2.75) is 20.3 Å². The maximum atomic E-state index is 5.41. The molecule has 0 saturated heterocycles. The third-order valence-electron chi connectivity index (χ3n) is 2.37. The Hall–Kier alpha value is -1.36. The standard InChI is InChI=1S/C12H22N4O/c1-5-17-11-9-10(2)14-12(15-11)16(4)8-6-7-13-3/h9,13H,5-8H2,1-4H3. The summed E-state index contributed by atoms with van der Waals surface area (Å²) in [6, 6.07) is 1.86. The Bertz CT molecular complexity index is 343. The van der Waals surface area contributed by atoms with Crippen molar-refractivity contribution in [2.75, 3.05) is 38.7 Å². The molecule has 0 spiro atoms. The molecule has 0 fully saturated rings. The topological polar surface area (TPSA) is 50.3 Å². The fraction of sp³-hybridized carbons (Fsp3) is 0.667. The molecule has 1 aromatic rings. The number of anilines is 1. The summed E-state index contributed by atoms with van der Waals surface area (Å²) in [6.45, 7) is 6.45. The Labute approximate surface area is 103 Å². The van der Waals surface area contributed by atoms with Crippen molar-refractivity contribution in [1.29, 1.82) is 0 Å². The van der Waals surface area contributed by atoms with Crippen molar-refractivity contribution in [2.24, 2.45) is 0 Å². The molecule has 0 atom stereocenters. The van der Waals surface area contributed by atoms with Gasteiger partial charge in [0.15, 0.2) is 0 Å². The number of nitrogens with zero attached hydrogens (tertiary/aromatic N) is 3. The van der Waals surface area contributed by atoms with E-state index in [4.69, 9.17) is 4.74 Å². The smallest absolute Gasteiger partial charge is 0.228 e. The van der Waals surface area contributed by atoms with Gasteiger partial charge in [-0.2, -0.15) is 4.98 Å². The molecule has 0 bridgehead atoms. The molecule has 1 rings (SSSR count). The Kier molecular flexibility index (Phi) is 5.69. The van der Waals surface area contributed by atoms with Crippen molar-refractivity contribution in [3.05, 3.63) is 11.8 Å². The quantitative estimate of drug-likeness (QED) is 0.724. The van der Waals surface area contributed by atoms with E-state index in [-0.39, 0.29) is 0 Å². The normalized spacial score (nSPS) is 10.4. The van der Waals surface area contributed by atoms with Gasteiger partial charge in [-0.05, 0) is 33.9 Å². The second kappa shape index (κ2) is 7.06. The van der Waals surface area contributed by atoms with Crippen LogP contribution in [-0.2, 0) is 0 Å². The minimum Gasteiger partial charge on any atom is -0.478 e.